The van der Waals surface area contributed by atoms with Gasteiger partial charge in [-0.15, -0.1) is 0 Å². The van der Waals surface area contributed by atoms with Crippen molar-refractivity contribution in [2.24, 2.45) is 0 Å². The number of hydrogen-bond acceptors (Lipinski definition) is 5. The smallest absolute Gasteiger partial charge is 0.325 e. The minimum atomic E-state index is -0.997. The molecule has 0 radical (unpaired) electrons. The molecule has 1 aliphatic rings. The largest absolute Gasteiger partial charge is 0.480 e. The van der Waals surface area contributed by atoms with E-state index in [9.17, 15) is 19.8 Å². The summed E-state index contributed by atoms with van der Waals surface area (Å²) in [5.74, 6) is -1.94. The highest BCUT2D eigenvalue weighted by Gasteiger charge is 2.32. The lowest BCUT2D eigenvalue weighted by molar-refractivity contribution is -0.144. The molecule has 0 unspecified atom stereocenters. The van der Waals surface area contributed by atoms with Crippen LogP contribution in [0.15, 0.2) is 48.9 Å². The fourth-order valence-electron chi connectivity index (χ4n) is 4.36. The Kier molecular flexibility index (Phi) is 6.74. The summed E-state index contributed by atoms with van der Waals surface area (Å²) in [6, 6.07) is 8.32. The number of nitrogens with zero attached hydrogens (tertiary/aromatic N) is 4. The molecular weight excluding hydrogens is 432 g/mol. The standard InChI is InChI=1S/C23H25ClN4O4/c24-17-1-2-18-19(14-28(15-21(29)30)20(18)13-17)22(23(31)32)27-11-9-26(10-12-27)8-5-16-3-6-25-7-4-16/h1-4,6-7,13-14,22H,5,8-12,15H2,(H,29,30)(H,31,32)/t22-/m0/s1. The van der Waals surface area contributed by atoms with Gasteiger partial charge in [0.25, 0.3) is 0 Å². The summed E-state index contributed by atoms with van der Waals surface area (Å²) in [4.78, 5) is 32.0. The van der Waals surface area contributed by atoms with Crippen molar-refractivity contribution in [1.82, 2.24) is 19.4 Å². The minimum Gasteiger partial charge on any atom is -0.480 e. The molecule has 8 nitrogen and oxygen atoms in total. The molecule has 32 heavy (non-hydrogen) atoms. The van der Waals surface area contributed by atoms with Crippen LogP contribution in [0.25, 0.3) is 10.9 Å². The summed E-state index contributed by atoms with van der Waals surface area (Å²) in [5, 5.41) is 20.5. The molecule has 1 saturated heterocycles. The Morgan fingerprint density at radius 3 is 2.44 bits per heavy atom. The normalized spacial score (nSPS) is 16.3. The molecule has 9 heteroatoms. The molecule has 3 aromatic rings. The number of carbonyl (C=O) groups is 2. The number of pyridine rings is 1. The Hall–Kier alpha value is -2.94. The Labute approximate surface area is 190 Å². The first kappa shape index (κ1) is 22.3. The summed E-state index contributed by atoms with van der Waals surface area (Å²) in [5.41, 5.74) is 2.45. The number of hydrogen-bond donors (Lipinski definition) is 2. The van der Waals surface area contributed by atoms with Crippen molar-refractivity contribution in [2.45, 2.75) is 19.0 Å². The van der Waals surface area contributed by atoms with E-state index in [0.717, 1.165) is 26.1 Å². The molecular formula is C23H25ClN4O4. The maximum Gasteiger partial charge on any atom is 0.325 e. The molecule has 1 aromatic carbocycles. The van der Waals surface area contributed by atoms with Crippen LogP contribution in [-0.2, 0) is 22.6 Å². The second kappa shape index (κ2) is 9.68. The van der Waals surface area contributed by atoms with Crippen molar-refractivity contribution in [3.8, 4) is 0 Å². The second-order valence-electron chi connectivity index (χ2n) is 7.99. The van der Waals surface area contributed by atoms with Gasteiger partial charge in [0.05, 0.1) is 5.52 Å². The maximum absolute atomic E-state index is 12.3. The van der Waals surface area contributed by atoms with Gasteiger partial charge in [0.15, 0.2) is 0 Å². The molecule has 168 valence electrons. The number of rotatable bonds is 8. The van der Waals surface area contributed by atoms with Crippen molar-refractivity contribution < 1.29 is 19.8 Å². The van der Waals surface area contributed by atoms with Crippen LogP contribution in [0.2, 0.25) is 5.02 Å². The average Bonchev–Trinajstić information content (AvgIpc) is 3.10. The van der Waals surface area contributed by atoms with E-state index in [0.29, 0.717) is 34.6 Å². The first-order valence-corrected chi connectivity index (χ1v) is 10.9. The van der Waals surface area contributed by atoms with Gasteiger partial charge in [0.1, 0.15) is 12.6 Å². The lowest BCUT2D eigenvalue weighted by Gasteiger charge is -2.37. The second-order valence-corrected chi connectivity index (χ2v) is 8.43. The zero-order chi connectivity index (χ0) is 22.7. The number of piperazine rings is 1. The maximum atomic E-state index is 12.3. The summed E-state index contributed by atoms with van der Waals surface area (Å²) >= 11 is 6.12. The highest BCUT2D eigenvalue weighted by Crippen LogP contribution is 2.33. The molecule has 4 rings (SSSR count). The van der Waals surface area contributed by atoms with Gasteiger partial charge in [-0.05, 0) is 36.2 Å². The van der Waals surface area contributed by atoms with Gasteiger partial charge in [-0.1, -0.05) is 17.7 Å². The van der Waals surface area contributed by atoms with E-state index in [-0.39, 0.29) is 6.54 Å². The van der Waals surface area contributed by atoms with E-state index in [4.69, 9.17) is 11.6 Å². The van der Waals surface area contributed by atoms with Gasteiger partial charge in [-0.2, -0.15) is 0 Å². The number of halogens is 1. The molecule has 0 bridgehead atoms. The fourth-order valence-corrected chi connectivity index (χ4v) is 4.52. The van der Waals surface area contributed by atoms with Gasteiger partial charge >= 0.3 is 11.9 Å². The average molecular weight is 457 g/mol. The Bertz CT molecular complexity index is 1110. The third-order valence-corrected chi connectivity index (χ3v) is 6.18. The molecule has 3 heterocycles. The van der Waals surface area contributed by atoms with E-state index < -0.39 is 18.0 Å². The Balaban J connectivity index is 1.52. The quantitative estimate of drug-likeness (QED) is 0.537. The van der Waals surface area contributed by atoms with Crippen LogP contribution in [0.4, 0.5) is 0 Å². The predicted molar refractivity (Wildman–Crippen MR) is 121 cm³/mol. The fraction of sp³-hybridized carbons (Fsp3) is 0.348. The van der Waals surface area contributed by atoms with Gasteiger partial charge in [-0.25, -0.2) is 0 Å². The van der Waals surface area contributed by atoms with Gasteiger partial charge in [0.2, 0.25) is 0 Å². The Morgan fingerprint density at radius 1 is 1.06 bits per heavy atom. The number of carboxylic acid groups (broad SMARTS) is 2. The molecule has 1 fully saturated rings. The van der Waals surface area contributed by atoms with Crippen LogP contribution in [0, 0.1) is 0 Å². The van der Waals surface area contributed by atoms with Crippen LogP contribution in [-0.4, -0.2) is 74.2 Å². The van der Waals surface area contributed by atoms with Crippen molar-refractivity contribution >= 4 is 34.4 Å². The number of aromatic nitrogens is 2. The lowest BCUT2D eigenvalue weighted by Crippen LogP contribution is -2.49. The molecule has 0 amide bonds. The summed E-state index contributed by atoms with van der Waals surface area (Å²) in [7, 11) is 0. The van der Waals surface area contributed by atoms with Crippen LogP contribution >= 0.6 is 11.6 Å². The van der Waals surface area contributed by atoms with Crippen LogP contribution in [0.5, 0.6) is 0 Å². The highest BCUT2D eigenvalue weighted by molar-refractivity contribution is 6.31. The van der Waals surface area contributed by atoms with Crippen molar-refractivity contribution in [2.75, 3.05) is 32.7 Å². The van der Waals surface area contributed by atoms with E-state index in [1.165, 1.54) is 5.56 Å². The number of benzene rings is 1. The van der Waals surface area contributed by atoms with E-state index in [1.807, 2.05) is 17.0 Å². The van der Waals surface area contributed by atoms with Crippen molar-refractivity contribution in [3.63, 3.8) is 0 Å². The monoisotopic (exact) mass is 456 g/mol. The molecule has 0 aliphatic carbocycles. The van der Waals surface area contributed by atoms with E-state index in [2.05, 4.69) is 9.88 Å². The molecule has 1 aliphatic heterocycles. The summed E-state index contributed by atoms with van der Waals surface area (Å²) in [6.45, 7) is 3.43. The zero-order valence-corrected chi connectivity index (χ0v) is 18.3. The zero-order valence-electron chi connectivity index (χ0n) is 17.5. The van der Waals surface area contributed by atoms with Gasteiger partial charge in [-0.3, -0.25) is 19.5 Å². The first-order chi connectivity index (χ1) is 15.4. The molecule has 0 saturated carbocycles. The third-order valence-electron chi connectivity index (χ3n) is 5.95. The first-order valence-electron chi connectivity index (χ1n) is 10.5. The van der Waals surface area contributed by atoms with E-state index in [1.54, 1.807) is 41.4 Å². The minimum absolute atomic E-state index is 0.258. The van der Waals surface area contributed by atoms with Crippen molar-refractivity contribution in [1.29, 1.82) is 0 Å². The number of carboxylic acids is 2. The Morgan fingerprint density at radius 2 is 1.78 bits per heavy atom. The SMILES string of the molecule is O=C(O)Cn1cc([C@@H](C(=O)O)N2CCN(CCc3ccncc3)CC2)c2ccc(Cl)cc21. The highest BCUT2D eigenvalue weighted by atomic mass is 35.5. The molecule has 2 aromatic heterocycles. The van der Waals surface area contributed by atoms with Crippen LogP contribution in [0.3, 0.4) is 0 Å². The van der Waals surface area contributed by atoms with Crippen LogP contribution < -0.4 is 0 Å². The van der Waals surface area contributed by atoms with E-state index >= 15 is 0 Å². The molecule has 2 N–H and O–H groups in total. The topological polar surface area (TPSA) is 98.9 Å². The number of fused-ring (bicyclic) bond motifs is 1. The van der Waals surface area contributed by atoms with Gasteiger partial charge < -0.3 is 19.7 Å². The molecule has 1 atom stereocenters. The predicted octanol–water partition coefficient (Wildman–Crippen LogP) is 2.76. The van der Waals surface area contributed by atoms with Crippen LogP contribution in [0.1, 0.15) is 17.2 Å². The van der Waals surface area contributed by atoms with Crippen molar-refractivity contribution in [3.05, 3.63) is 65.1 Å². The molecule has 0 spiro atoms. The number of aliphatic carboxylic acids is 2. The summed E-state index contributed by atoms with van der Waals surface area (Å²) < 4.78 is 1.56. The lowest BCUT2D eigenvalue weighted by atomic mass is 10.0. The third kappa shape index (κ3) is 4.93. The summed E-state index contributed by atoms with van der Waals surface area (Å²) in [6.07, 6.45) is 6.15. The van der Waals surface area contributed by atoms with Gasteiger partial charge in [0, 0.05) is 67.3 Å².